The van der Waals surface area contributed by atoms with Crippen LogP contribution < -0.4 is 4.90 Å². The SMILES string of the molecule is OC/C=C1/c2cccc3c2N(CC3)CCC1CO. The zero-order valence-electron chi connectivity index (χ0n) is 10.5. The van der Waals surface area contributed by atoms with Crippen molar-refractivity contribution < 1.29 is 10.2 Å². The van der Waals surface area contributed by atoms with E-state index in [0.717, 1.165) is 31.5 Å². The van der Waals surface area contributed by atoms with Crippen molar-refractivity contribution >= 4 is 11.3 Å². The summed E-state index contributed by atoms with van der Waals surface area (Å²) in [5.41, 5.74) is 5.04. The number of hydrogen-bond donors (Lipinski definition) is 2. The van der Waals surface area contributed by atoms with E-state index < -0.39 is 0 Å². The number of benzene rings is 1. The van der Waals surface area contributed by atoms with Crippen LogP contribution in [0.4, 0.5) is 5.69 Å². The molecule has 0 saturated heterocycles. The number of para-hydroxylation sites is 1. The summed E-state index contributed by atoms with van der Waals surface area (Å²) < 4.78 is 0. The quantitative estimate of drug-likeness (QED) is 0.828. The summed E-state index contributed by atoms with van der Waals surface area (Å²) in [7, 11) is 0. The summed E-state index contributed by atoms with van der Waals surface area (Å²) in [6.07, 6.45) is 3.92. The lowest BCUT2D eigenvalue weighted by Crippen LogP contribution is -2.22. The molecule has 96 valence electrons. The average Bonchev–Trinajstić information content (AvgIpc) is 2.74. The van der Waals surface area contributed by atoms with E-state index in [0.29, 0.717) is 0 Å². The number of aliphatic hydroxyl groups is 2. The first-order valence-electron chi connectivity index (χ1n) is 6.64. The van der Waals surface area contributed by atoms with Crippen LogP contribution in [0.15, 0.2) is 24.3 Å². The van der Waals surface area contributed by atoms with E-state index in [1.165, 1.54) is 16.8 Å². The van der Waals surface area contributed by atoms with Crippen LogP contribution in [0.5, 0.6) is 0 Å². The van der Waals surface area contributed by atoms with Gasteiger partial charge in [0, 0.05) is 30.3 Å². The van der Waals surface area contributed by atoms with Crippen molar-refractivity contribution in [3.05, 3.63) is 35.4 Å². The van der Waals surface area contributed by atoms with Gasteiger partial charge < -0.3 is 15.1 Å². The van der Waals surface area contributed by atoms with Gasteiger partial charge in [0.15, 0.2) is 0 Å². The van der Waals surface area contributed by atoms with E-state index in [1.54, 1.807) is 0 Å². The van der Waals surface area contributed by atoms with E-state index in [4.69, 9.17) is 0 Å². The zero-order valence-corrected chi connectivity index (χ0v) is 10.5. The van der Waals surface area contributed by atoms with Gasteiger partial charge in [0.2, 0.25) is 0 Å². The number of rotatable bonds is 2. The number of nitrogens with zero attached hydrogens (tertiary/aromatic N) is 1. The minimum absolute atomic E-state index is 0.0372. The molecule has 3 rings (SSSR count). The van der Waals surface area contributed by atoms with Crippen LogP contribution in [0, 0.1) is 5.92 Å². The highest BCUT2D eigenvalue weighted by Gasteiger charge is 2.29. The van der Waals surface area contributed by atoms with Gasteiger partial charge in [-0.15, -0.1) is 0 Å². The average molecular weight is 245 g/mol. The smallest absolute Gasteiger partial charge is 0.0618 e. The van der Waals surface area contributed by atoms with Gasteiger partial charge in [-0.1, -0.05) is 24.3 Å². The van der Waals surface area contributed by atoms with Crippen molar-refractivity contribution in [2.45, 2.75) is 12.8 Å². The van der Waals surface area contributed by atoms with E-state index >= 15 is 0 Å². The molecule has 0 amide bonds. The molecule has 0 aromatic heterocycles. The standard InChI is InChI=1S/C15H19NO2/c17-9-6-13-12(10-18)5-8-16-7-4-11-2-1-3-14(13)15(11)16/h1-3,6,12,17-18H,4-5,7-10H2/b13-6+. The first kappa shape index (κ1) is 11.8. The molecule has 1 unspecified atom stereocenters. The Morgan fingerprint density at radius 1 is 1.28 bits per heavy atom. The molecule has 0 fully saturated rings. The van der Waals surface area contributed by atoms with Gasteiger partial charge in [-0.05, 0) is 24.0 Å². The van der Waals surface area contributed by atoms with Gasteiger partial charge in [-0.3, -0.25) is 0 Å². The predicted octanol–water partition coefficient (Wildman–Crippen LogP) is 1.44. The lowest BCUT2D eigenvalue weighted by atomic mass is 9.89. The fraction of sp³-hybridized carbons (Fsp3) is 0.467. The molecule has 1 atom stereocenters. The van der Waals surface area contributed by atoms with Gasteiger partial charge in [0.1, 0.15) is 0 Å². The van der Waals surface area contributed by atoms with Crippen molar-refractivity contribution in [1.82, 2.24) is 0 Å². The molecule has 2 aliphatic rings. The van der Waals surface area contributed by atoms with Crippen LogP contribution >= 0.6 is 0 Å². The molecular formula is C15H19NO2. The Kier molecular flexibility index (Phi) is 3.10. The molecular weight excluding hydrogens is 226 g/mol. The predicted molar refractivity (Wildman–Crippen MR) is 72.6 cm³/mol. The highest BCUT2D eigenvalue weighted by molar-refractivity contribution is 5.82. The monoisotopic (exact) mass is 245 g/mol. The molecule has 18 heavy (non-hydrogen) atoms. The summed E-state index contributed by atoms with van der Waals surface area (Å²) >= 11 is 0. The first-order chi connectivity index (χ1) is 8.85. The zero-order chi connectivity index (χ0) is 12.5. The lowest BCUT2D eigenvalue weighted by Gasteiger charge is -2.18. The second-order valence-electron chi connectivity index (χ2n) is 5.06. The minimum atomic E-state index is 0.0372. The molecule has 0 radical (unpaired) electrons. The van der Waals surface area contributed by atoms with Gasteiger partial charge in [0.25, 0.3) is 0 Å². The topological polar surface area (TPSA) is 43.7 Å². The second-order valence-corrected chi connectivity index (χ2v) is 5.06. The van der Waals surface area contributed by atoms with Gasteiger partial charge in [-0.2, -0.15) is 0 Å². The summed E-state index contributed by atoms with van der Waals surface area (Å²) in [6.45, 7) is 2.27. The Balaban J connectivity index is 2.15. The molecule has 3 heteroatoms. The van der Waals surface area contributed by atoms with Crippen molar-refractivity contribution in [2.75, 3.05) is 31.2 Å². The number of hydrogen-bond acceptors (Lipinski definition) is 3. The van der Waals surface area contributed by atoms with E-state index in [1.807, 2.05) is 6.08 Å². The Bertz CT molecular complexity index is 481. The maximum Gasteiger partial charge on any atom is 0.0618 e. The molecule has 0 spiro atoms. The van der Waals surface area contributed by atoms with Crippen LogP contribution in [0.1, 0.15) is 17.5 Å². The second kappa shape index (κ2) is 4.75. The van der Waals surface area contributed by atoms with E-state index in [9.17, 15) is 10.2 Å². The van der Waals surface area contributed by atoms with Crippen molar-refractivity contribution in [1.29, 1.82) is 0 Å². The minimum Gasteiger partial charge on any atom is -0.396 e. The first-order valence-corrected chi connectivity index (χ1v) is 6.64. The van der Waals surface area contributed by atoms with E-state index in [2.05, 4.69) is 23.1 Å². The summed E-state index contributed by atoms with van der Waals surface area (Å²) in [5, 5.41) is 18.8. The van der Waals surface area contributed by atoms with Crippen molar-refractivity contribution in [3.63, 3.8) is 0 Å². The largest absolute Gasteiger partial charge is 0.396 e. The lowest BCUT2D eigenvalue weighted by molar-refractivity contribution is 0.252. The molecule has 3 nitrogen and oxygen atoms in total. The summed E-state index contributed by atoms with van der Waals surface area (Å²) in [4.78, 5) is 2.42. The number of anilines is 1. The maximum absolute atomic E-state index is 9.57. The van der Waals surface area contributed by atoms with Crippen LogP contribution in [0.25, 0.3) is 5.57 Å². The van der Waals surface area contributed by atoms with Crippen LogP contribution in [-0.4, -0.2) is 36.5 Å². The molecule has 1 aromatic carbocycles. The van der Waals surface area contributed by atoms with Gasteiger partial charge in [0.05, 0.1) is 13.2 Å². The Labute approximate surface area is 107 Å². The highest BCUT2D eigenvalue weighted by atomic mass is 16.3. The fourth-order valence-electron chi connectivity index (χ4n) is 3.24. The highest BCUT2D eigenvalue weighted by Crippen LogP contribution is 2.41. The molecule has 2 aliphatic heterocycles. The molecule has 0 saturated carbocycles. The van der Waals surface area contributed by atoms with Gasteiger partial charge in [-0.25, -0.2) is 0 Å². The van der Waals surface area contributed by atoms with E-state index in [-0.39, 0.29) is 19.1 Å². The third-order valence-corrected chi connectivity index (χ3v) is 4.12. The van der Waals surface area contributed by atoms with Crippen LogP contribution in [-0.2, 0) is 6.42 Å². The Hall–Kier alpha value is -1.32. The molecule has 0 aliphatic carbocycles. The normalized spacial score (nSPS) is 24.2. The van der Waals surface area contributed by atoms with Crippen LogP contribution in [0.2, 0.25) is 0 Å². The summed E-state index contributed by atoms with van der Waals surface area (Å²) in [5.74, 6) is 0.147. The third-order valence-electron chi connectivity index (χ3n) is 4.12. The number of aliphatic hydroxyl groups excluding tert-OH is 2. The molecule has 2 N–H and O–H groups in total. The maximum atomic E-state index is 9.57. The fourth-order valence-corrected chi connectivity index (χ4v) is 3.24. The van der Waals surface area contributed by atoms with Crippen molar-refractivity contribution in [3.8, 4) is 0 Å². The molecule has 0 bridgehead atoms. The van der Waals surface area contributed by atoms with Gasteiger partial charge >= 0.3 is 0 Å². The van der Waals surface area contributed by atoms with Crippen LogP contribution in [0.3, 0.4) is 0 Å². The third kappa shape index (κ3) is 1.74. The molecule has 2 heterocycles. The molecule has 1 aromatic rings. The van der Waals surface area contributed by atoms with Crippen molar-refractivity contribution in [2.24, 2.45) is 5.92 Å². The Morgan fingerprint density at radius 3 is 2.94 bits per heavy atom. The summed E-state index contributed by atoms with van der Waals surface area (Å²) in [6, 6.07) is 6.39. The Morgan fingerprint density at radius 2 is 2.17 bits per heavy atom.